The summed E-state index contributed by atoms with van der Waals surface area (Å²) in [5.74, 6) is 1.59. The van der Waals surface area contributed by atoms with Crippen molar-refractivity contribution in [3.05, 3.63) is 18.0 Å². The van der Waals surface area contributed by atoms with Crippen LogP contribution in [0.15, 0.2) is 12.3 Å². The Morgan fingerprint density at radius 3 is 3.14 bits per heavy atom. The third kappa shape index (κ3) is 2.15. The van der Waals surface area contributed by atoms with Crippen LogP contribution < -0.4 is 5.32 Å². The van der Waals surface area contributed by atoms with Crippen LogP contribution in [0.4, 0.5) is 0 Å². The molecule has 2 atom stereocenters. The van der Waals surface area contributed by atoms with E-state index in [1.165, 1.54) is 18.7 Å². The molecule has 2 rings (SSSR count). The summed E-state index contributed by atoms with van der Waals surface area (Å²) < 4.78 is 1.89. The summed E-state index contributed by atoms with van der Waals surface area (Å²) >= 11 is 0. The number of hydrogen-bond acceptors (Lipinski definition) is 2. The monoisotopic (exact) mass is 193 g/mol. The molecule has 78 valence electrons. The van der Waals surface area contributed by atoms with Gasteiger partial charge in [0.05, 0.1) is 5.69 Å². The van der Waals surface area contributed by atoms with Gasteiger partial charge in [-0.1, -0.05) is 6.92 Å². The van der Waals surface area contributed by atoms with E-state index in [1.54, 1.807) is 0 Å². The van der Waals surface area contributed by atoms with E-state index in [2.05, 4.69) is 23.4 Å². The van der Waals surface area contributed by atoms with Gasteiger partial charge < -0.3 is 5.32 Å². The summed E-state index contributed by atoms with van der Waals surface area (Å²) in [7, 11) is 1.98. The lowest BCUT2D eigenvalue weighted by molar-refractivity contribution is 0.270. The molecule has 2 heterocycles. The lowest BCUT2D eigenvalue weighted by atomic mass is 9.84. The Bertz CT molecular complexity index is 292. The maximum atomic E-state index is 4.44. The first-order chi connectivity index (χ1) is 6.75. The van der Waals surface area contributed by atoms with E-state index >= 15 is 0 Å². The van der Waals surface area contributed by atoms with Crippen molar-refractivity contribution in [2.24, 2.45) is 18.9 Å². The van der Waals surface area contributed by atoms with E-state index in [4.69, 9.17) is 0 Å². The van der Waals surface area contributed by atoms with Crippen LogP contribution in [0.1, 0.15) is 19.0 Å². The molecule has 1 fully saturated rings. The molecule has 0 amide bonds. The quantitative estimate of drug-likeness (QED) is 0.765. The molecule has 14 heavy (non-hydrogen) atoms. The second-order valence-corrected chi connectivity index (χ2v) is 4.42. The fraction of sp³-hybridized carbons (Fsp3) is 0.727. The largest absolute Gasteiger partial charge is 0.316 e. The van der Waals surface area contributed by atoms with Crippen molar-refractivity contribution < 1.29 is 0 Å². The zero-order valence-corrected chi connectivity index (χ0v) is 9.03. The number of nitrogens with one attached hydrogen (secondary N) is 1. The molecule has 1 aromatic heterocycles. The molecule has 0 aliphatic carbocycles. The van der Waals surface area contributed by atoms with Gasteiger partial charge in [0.1, 0.15) is 0 Å². The van der Waals surface area contributed by atoms with Gasteiger partial charge in [0.2, 0.25) is 0 Å². The summed E-state index contributed by atoms with van der Waals surface area (Å²) in [6, 6.07) is 2.13. The summed E-state index contributed by atoms with van der Waals surface area (Å²) in [6.45, 7) is 4.67. The number of aryl methyl sites for hydroxylation is 1. The fourth-order valence-electron chi connectivity index (χ4n) is 2.21. The average molecular weight is 193 g/mol. The maximum absolute atomic E-state index is 4.44. The van der Waals surface area contributed by atoms with Gasteiger partial charge in [0.15, 0.2) is 0 Å². The van der Waals surface area contributed by atoms with Crippen molar-refractivity contribution in [3.8, 4) is 0 Å². The van der Waals surface area contributed by atoms with Gasteiger partial charge in [-0.25, -0.2) is 0 Å². The van der Waals surface area contributed by atoms with Crippen LogP contribution in [0.5, 0.6) is 0 Å². The average Bonchev–Trinajstić information content (AvgIpc) is 2.56. The van der Waals surface area contributed by atoms with Crippen molar-refractivity contribution in [3.63, 3.8) is 0 Å². The highest BCUT2D eigenvalue weighted by molar-refractivity contribution is 5.01. The van der Waals surface area contributed by atoms with Gasteiger partial charge >= 0.3 is 0 Å². The molecule has 3 nitrogen and oxygen atoms in total. The van der Waals surface area contributed by atoms with Gasteiger partial charge in [-0.15, -0.1) is 0 Å². The van der Waals surface area contributed by atoms with Crippen LogP contribution >= 0.6 is 0 Å². The number of rotatable bonds is 2. The number of aromatic nitrogens is 2. The molecular formula is C11H19N3. The highest BCUT2D eigenvalue weighted by Gasteiger charge is 2.21. The number of piperidine rings is 1. The first kappa shape index (κ1) is 9.71. The zero-order valence-electron chi connectivity index (χ0n) is 9.03. The standard InChI is InChI=1S/C11H19N3/c1-9-8-12-5-3-10(9)7-11-4-6-14(2)13-11/h4,6,9-10,12H,3,5,7-8H2,1-2H3. The van der Waals surface area contributed by atoms with Crippen molar-refractivity contribution in [1.82, 2.24) is 15.1 Å². The predicted molar refractivity (Wildman–Crippen MR) is 57.1 cm³/mol. The Balaban J connectivity index is 1.95. The van der Waals surface area contributed by atoms with Crippen molar-refractivity contribution in [2.45, 2.75) is 19.8 Å². The van der Waals surface area contributed by atoms with Crippen molar-refractivity contribution >= 4 is 0 Å². The van der Waals surface area contributed by atoms with Crippen LogP contribution in [0.2, 0.25) is 0 Å². The molecule has 1 N–H and O–H groups in total. The van der Waals surface area contributed by atoms with E-state index < -0.39 is 0 Å². The Kier molecular flexibility index (Phi) is 2.87. The Hall–Kier alpha value is -0.830. The lowest BCUT2D eigenvalue weighted by Gasteiger charge is -2.28. The van der Waals surface area contributed by atoms with Crippen molar-refractivity contribution in [2.75, 3.05) is 13.1 Å². The molecule has 0 aromatic carbocycles. The molecule has 0 spiro atoms. The van der Waals surface area contributed by atoms with Crippen LogP contribution in [-0.4, -0.2) is 22.9 Å². The van der Waals surface area contributed by atoms with E-state index in [9.17, 15) is 0 Å². The molecule has 0 saturated carbocycles. The SMILES string of the molecule is CC1CNCCC1Cc1ccn(C)n1. The molecule has 3 heteroatoms. The smallest absolute Gasteiger partial charge is 0.0627 e. The molecule has 1 aliphatic rings. The van der Waals surface area contributed by atoms with Crippen LogP contribution in [0.25, 0.3) is 0 Å². The normalized spacial score (nSPS) is 27.9. The summed E-state index contributed by atoms with van der Waals surface area (Å²) in [5.41, 5.74) is 1.24. The molecule has 1 aliphatic heterocycles. The number of hydrogen-bond donors (Lipinski definition) is 1. The summed E-state index contributed by atoms with van der Waals surface area (Å²) in [5, 5.41) is 7.87. The van der Waals surface area contributed by atoms with E-state index in [-0.39, 0.29) is 0 Å². The summed E-state index contributed by atoms with van der Waals surface area (Å²) in [4.78, 5) is 0. The topological polar surface area (TPSA) is 29.9 Å². The fourth-order valence-corrected chi connectivity index (χ4v) is 2.21. The highest BCUT2D eigenvalue weighted by atomic mass is 15.2. The van der Waals surface area contributed by atoms with Gasteiger partial charge in [-0.3, -0.25) is 4.68 Å². The minimum absolute atomic E-state index is 0.783. The Labute approximate surface area is 85.5 Å². The summed E-state index contributed by atoms with van der Waals surface area (Å²) in [6.07, 6.45) is 4.46. The predicted octanol–water partition coefficient (Wildman–Crippen LogP) is 1.21. The second kappa shape index (κ2) is 4.13. The first-order valence-electron chi connectivity index (χ1n) is 5.45. The van der Waals surface area contributed by atoms with Crippen LogP contribution in [-0.2, 0) is 13.5 Å². The van der Waals surface area contributed by atoms with E-state index in [1.807, 2.05) is 17.9 Å². The zero-order chi connectivity index (χ0) is 9.97. The molecule has 1 aromatic rings. The molecule has 2 unspecified atom stereocenters. The van der Waals surface area contributed by atoms with E-state index in [0.717, 1.165) is 24.8 Å². The third-order valence-corrected chi connectivity index (χ3v) is 3.20. The van der Waals surface area contributed by atoms with Crippen molar-refractivity contribution in [1.29, 1.82) is 0 Å². The van der Waals surface area contributed by atoms with Gasteiger partial charge in [-0.2, -0.15) is 5.10 Å². The Morgan fingerprint density at radius 1 is 1.64 bits per heavy atom. The van der Waals surface area contributed by atoms with Gasteiger partial charge in [-0.05, 0) is 43.8 Å². The third-order valence-electron chi connectivity index (χ3n) is 3.20. The Morgan fingerprint density at radius 2 is 2.50 bits per heavy atom. The van der Waals surface area contributed by atoms with Crippen LogP contribution in [0.3, 0.4) is 0 Å². The minimum Gasteiger partial charge on any atom is -0.316 e. The second-order valence-electron chi connectivity index (χ2n) is 4.42. The highest BCUT2D eigenvalue weighted by Crippen LogP contribution is 2.22. The van der Waals surface area contributed by atoms with E-state index in [0.29, 0.717) is 0 Å². The molecule has 0 bridgehead atoms. The van der Waals surface area contributed by atoms with Gasteiger partial charge in [0, 0.05) is 13.2 Å². The molecule has 0 radical (unpaired) electrons. The van der Waals surface area contributed by atoms with Gasteiger partial charge in [0.25, 0.3) is 0 Å². The molecule has 1 saturated heterocycles. The number of nitrogens with zero attached hydrogens (tertiary/aromatic N) is 2. The maximum Gasteiger partial charge on any atom is 0.0627 e. The minimum atomic E-state index is 0.783. The first-order valence-corrected chi connectivity index (χ1v) is 5.45. The van der Waals surface area contributed by atoms with Crippen LogP contribution in [0, 0.1) is 11.8 Å². The lowest BCUT2D eigenvalue weighted by Crippen LogP contribution is -2.35. The molecular weight excluding hydrogens is 174 g/mol.